The number of hydrogen-bond donors (Lipinski definition) is 1. The minimum Gasteiger partial charge on any atom is -0.375 e. The van der Waals surface area contributed by atoms with E-state index in [4.69, 9.17) is 5.73 Å². The van der Waals surface area contributed by atoms with Crippen LogP contribution in [0.15, 0.2) is 29.6 Å². The zero-order valence-corrected chi connectivity index (χ0v) is 11.3. The molecule has 0 aliphatic carbocycles. The Morgan fingerprint density at radius 2 is 1.88 bits per heavy atom. The molecule has 1 heterocycles. The molecule has 2 aromatic rings. The van der Waals surface area contributed by atoms with Crippen molar-refractivity contribution in [1.29, 1.82) is 0 Å². The van der Waals surface area contributed by atoms with E-state index in [1.807, 2.05) is 5.38 Å². The Kier molecular flexibility index (Phi) is 3.20. The molecule has 0 atom stereocenters. The first-order chi connectivity index (χ1) is 8.03. The van der Waals surface area contributed by atoms with Crippen molar-refractivity contribution in [2.75, 3.05) is 5.73 Å². The fraction of sp³-hybridized carbons (Fsp3) is 0.357. The number of nitrogens with two attached hydrogens (primary N) is 1. The quantitative estimate of drug-likeness (QED) is 0.886. The van der Waals surface area contributed by atoms with Crippen LogP contribution in [0.25, 0.3) is 11.3 Å². The van der Waals surface area contributed by atoms with Crippen molar-refractivity contribution in [3.05, 3.63) is 35.2 Å². The third kappa shape index (κ3) is 2.50. The summed E-state index contributed by atoms with van der Waals surface area (Å²) in [4.78, 5) is 4.29. The van der Waals surface area contributed by atoms with Gasteiger partial charge in [0.05, 0.1) is 5.69 Å². The van der Waals surface area contributed by atoms with Crippen molar-refractivity contribution in [2.24, 2.45) is 0 Å². The van der Waals surface area contributed by atoms with Gasteiger partial charge in [-0.2, -0.15) is 0 Å². The van der Waals surface area contributed by atoms with Gasteiger partial charge >= 0.3 is 0 Å². The van der Waals surface area contributed by atoms with Crippen LogP contribution in [0.3, 0.4) is 0 Å². The SMILES string of the molecule is CCC(C)(C)c1ccc(-c2csc(N)n2)cc1. The summed E-state index contributed by atoms with van der Waals surface area (Å²) in [6.07, 6.45) is 1.13. The largest absolute Gasteiger partial charge is 0.375 e. The normalized spacial score (nSPS) is 11.7. The number of nitrogens with zero attached hydrogens (tertiary/aromatic N) is 1. The van der Waals surface area contributed by atoms with Gasteiger partial charge in [-0.25, -0.2) is 4.98 Å². The van der Waals surface area contributed by atoms with E-state index in [1.54, 1.807) is 0 Å². The zero-order valence-electron chi connectivity index (χ0n) is 10.5. The predicted molar refractivity (Wildman–Crippen MR) is 75.3 cm³/mol. The maximum absolute atomic E-state index is 5.64. The molecule has 0 unspecified atom stereocenters. The van der Waals surface area contributed by atoms with Gasteiger partial charge in [0, 0.05) is 10.9 Å². The van der Waals surface area contributed by atoms with Gasteiger partial charge in [0.1, 0.15) is 0 Å². The highest BCUT2D eigenvalue weighted by molar-refractivity contribution is 7.13. The molecule has 17 heavy (non-hydrogen) atoms. The van der Waals surface area contributed by atoms with Crippen molar-refractivity contribution in [3.63, 3.8) is 0 Å². The van der Waals surface area contributed by atoms with Crippen LogP contribution >= 0.6 is 11.3 Å². The van der Waals surface area contributed by atoms with Crippen LogP contribution in [0.2, 0.25) is 0 Å². The number of rotatable bonds is 3. The highest BCUT2D eigenvalue weighted by atomic mass is 32.1. The van der Waals surface area contributed by atoms with Crippen molar-refractivity contribution < 1.29 is 0 Å². The van der Waals surface area contributed by atoms with E-state index in [0.717, 1.165) is 17.7 Å². The first-order valence-electron chi connectivity index (χ1n) is 5.85. The number of thiazole rings is 1. The maximum atomic E-state index is 5.64. The fourth-order valence-electron chi connectivity index (χ4n) is 1.72. The van der Waals surface area contributed by atoms with Crippen LogP contribution in [-0.2, 0) is 5.41 Å². The Bertz CT molecular complexity index is 497. The Balaban J connectivity index is 2.30. The second kappa shape index (κ2) is 4.49. The summed E-state index contributed by atoms with van der Waals surface area (Å²) in [7, 11) is 0. The first kappa shape index (κ1) is 12.1. The molecule has 0 bridgehead atoms. The summed E-state index contributed by atoms with van der Waals surface area (Å²) in [5, 5.41) is 2.62. The molecule has 0 spiro atoms. The molecular formula is C14H18N2S. The minimum atomic E-state index is 0.236. The summed E-state index contributed by atoms with van der Waals surface area (Å²) >= 11 is 1.48. The van der Waals surface area contributed by atoms with E-state index in [1.165, 1.54) is 16.9 Å². The first-order valence-corrected chi connectivity index (χ1v) is 6.73. The highest BCUT2D eigenvalue weighted by Crippen LogP contribution is 2.29. The van der Waals surface area contributed by atoms with Crippen molar-refractivity contribution >= 4 is 16.5 Å². The number of aromatic nitrogens is 1. The van der Waals surface area contributed by atoms with E-state index in [2.05, 4.69) is 50.0 Å². The van der Waals surface area contributed by atoms with Gasteiger partial charge in [-0.1, -0.05) is 45.0 Å². The molecule has 0 saturated heterocycles. The van der Waals surface area contributed by atoms with Gasteiger partial charge in [0.25, 0.3) is 0 Å². The van der Waals surface area contributed by atoms with Crippen LogP contribution in [0.5, 0.6) is 0 Å². The molecule has 0 aliphatic heterocycles. The molecule has 0 fully saturated rings. The molecule has 2 N–H and O–H groups in total. The van der Waals surface area contributed by atoms with Crippen molar-refractivity contribution in [3.8, 4) is 11.3 Å². The lowest BCUT2D eigenvalue weighted by atomic mass is 9.82. The fourth-order valence-corrected chi connectivity index (χ4v) is 2.29. The molecule has 0 radical (unpaired) electrons. The van der Waals surface area contributed by atoms with Gasteiger partial charge in [-0.05, 0) is 17.4 Å². The Hall–Kier alpha value is -1.35. The zero-order chi connectivity index (χ0) is 12.5. The lowest BCUT2D eigenvalue weighted by Crippen LogP contribution is -2.14. The topological polar surface area (TPSA) is 38.9 Å². The Morgan fingerprint density at radius 3 is 2.35 bits per heavy atom. The predicted octanol–water partition coefficient (Wildman–Crippen LogP) is 4.08. The van der Waals surface area contributed by atoms with E-state index >= 15 is 0 Å². The monoisotopic (exact) mass is 246 g/mol. The molecule has 0 saturated carbocycles. The third-order valence-electron chi connectivity index (χ3n) is 3.37. The van der Waals surface area contributed by atoms with E-state index in [9.17, 15) is 0 Å². The molecule has 1 aromatic heterocycles. The van der Waals surface area contributed by atoms with E-state index < -0.39 is 0 Å². The molecule has 2 rings (SSSR count). The molecule has 90 valence electrons. The average Bonchev–Trinajstić information content (AvgIpc) is 2.76. The molecular weight excluding hydrogens is 228 g/mol. The second-order valence-electron chi connectivity index (χ2n) is 4.89. The Labute approximate surface area is 107 Å². The van der Waals surface area contributed by atoms with Crippen molar-refractivity contribution in [1.82, 2.24) is 4.98 Å². The van der Waals surface area contributed by atoms with Gasteiger partial charge in [-0.15, -0.1) is 11.3 Å². The summed E-state index contributed by atoms with van der Waals surface area (Å²) in [6.45, 7) is 6.75. The summed E-state index contributed by atoms with van der Waals surface area (Å²) in [6, 6.07) is 8.63. The lowest BCUT2D eigenvalue weighted by Gasteiger charge is -2.23. The van der Waals surface area contributed by atoms with Gasteiger partial charge in [0.2, 0.25) is 0 Å². The number of nitrogen functional groups attached to an aromatic ring is 1. The van der Waals surface area contributed by atoms with Gasteiger partial charge < -0.3 is 5.73 Å². The molecule has 2 nitrogen and oxygen atoms in total. The second-order valence-corrected chi connectivity index (χ2v) is 5.78. The lowest BCUT2D eigenvalue weighted by molar-refractivity contribution is 0.506. The molecule has 3 heteroatoms. The van der Waals surface area contributed by atoms with Crippen LogP contribution in [0.1, 0.15) is 32.8 Å². The standard InChI is InChI=1S/C14H18N2S/c1-4-14(2,3)11-7-5-10(6-8-11)12-9-17-13(15)16-12/h5-9H,4H2,1-3H3,(H2,15,16). The highest BCUT2D eigenvalue weighted by Gasteiger charge is 2.17. The maximum Gasteiger partial charge on any atom is 0.180 e. The summed E-state index contributed by atoms with van der Waals surface area (Å²) in [5.74, 6) is 0. The van der Waals surface area contributed by atoms with Crippen LogP contribution in [-0.4, -0.2) is 4.98 Å². The Morgan fingerprint density at radius 1 is 1.24 bits per heavy atom. The van der Waals surface area contributed by atoms with Gasteiger partial charge in [0.15, 0.2) is 5.13 Å². The number of anilines is 1. The van der Waals surface area contributed by atoms with Gasteiger partial charge in [-0.3, -0.25) is 0 Å². The van der Waals surface area contributed by atoms with Crippen molar-refractivity contribution in [2.45, 2.75) is 32.6 Å². The number of benzene rings is 1. The minimum absolute atomic E-state index is 0.236. The smallest absolute Gasteiger partial charge is 0.180 e. The summed E-state index contributed by atoms with van der Waals surface area (Å²) in [5.41, 5.74) is 9.35. The van der Waals surface area contributed by atoms with Crippen LogP contribution in [0, 0.1) is 0 Å². The molecule has 0 aliphatic rings. The summed E-state index contributed by atoms with van der Waals surface area (Å²) < 4.78 is 0. The number of hydrogen-bond acceptors (Lipinski definition) is 3. The van der Waals surface area contributed by atoms with Crippen LogP contribution < -0.4 is 5.73 Å². The third-order valence-corrected chi connectivity index (χ3v) is 4.04. The molecule has 1 aromatic carbocycles. The van der Waals surface area contributed by atoms with Crippen LogP contribution in [0.4, 0.5) is 5.13 Å². The average molecular weight is 246 g/mol. The van der Waals surface area contributed by atoms with E-state index in [0.29, 0.717) is 5.13 Å². The van der Waals surface area contributed by atoms with E-state index in [-0.39, 0.29) is 5.41 Å². The molecule has 0 amide bonds.